The van der Waals surface area contributed by atoms with Crippen molar-refractivity contribution < 1.29 is 0 Å². The summed E-state index contributed by atoms with van der Waals surface area (Å²) in [6.07, 6.45) is 16.5. The van der Waals surface area contributed by atoms with E-state index in [1.165, 1.54) is 63.5 Å². The van der Waals surface area contributed by atoms with Crippen LogP contribution in [0.5, 0.6) is 0 Å². The van der Waals surface area contributed by atoms with E-state index in [2.05, 4.69) is 29.5 Å². The van der Waals surface area contributed by atoms with Gasteiger partial charge >= 0.3 is 0 Å². The molecule has 0 unspecified atom stereocenters. The van der Waals surface area contributed by atoms with Crippen molar-refractivity contribution in [1.29, 1.82) is 0 Å². The summed E-state index contributed by atoms with van der Waals surface area (Å²) in [5, 5.41) is 0. The van der Waals surface area contributed by atoms with Gasteiger partial charge in [-0.15, -0.1) is 0 Å². The minimum absolute atomic E-state index is 0.556. The molecule has 0 saturated heterocycles. The number of rotatable bonds is 13. The molecule has 1 rings (SSSR count). The normalized spacial score (nSPS) is 10.8. The summed E-state index contributed by atoms with van der Waals surface area (Å²) in [4.78, 5) is 8.15. The quantitative estimate of drug-likeness (QED) is 0.351. The number of unbranched alkanes of at least 4 members (excludes halogenated alkanes) is 8. The lowest BCUT2D eigenvalue weighted by Crippen LogP contribution is -2.03. The molecule has 1 aromatic heterocycles. The van der Waals surface area contributed by atoms with Crippen molar-refractivity contribution in [3.05, 3.63) is 29.1 Å². The van der Waals surface area contributed by atoms with Crippen LogP contribution in [0.3, 0.4) is 0 Å². The van der Waals surface area contributed by atoms with Crippen LogP contribution in [0.25, 0.3) is 4.85 Å². The average Bonchev–Trinajstić information content (AvgIpc) is 2.93. The van der Waals surface area contributed by atoms with E-state index in [4.69, 9.17) is 11.6 Å². The van der Waals surface area contributed by atoms with Gasteiger partial charge < -0.3 is 9.41 Å². The molecule has 0 N–H and O–H groups in total. The lowest BCUT2D eigenvalue weighted by molar-refractivity contribution is 0.564. The Morgan fingerprint density at radius 2 is 1.64 bits per heavy atom. The lowest BCUT2D eigenvalue weighted by Gasteiger charge is -2.01. The molecule has 0 bridgehead atoms. The fraction of sp³-hybridized carbons (Fsp3) is 0.789. The highest BCUT2D eigenvalue weighted by atomic mass is 15.1. The van der Waals surface area contributed by atoms with E-state index in [0.29, 0.717) is 6.54 Å². The van der Waals surface area contributed by atoms with Crippen LogP contribution >= 0.6 is 0 Å². The number of aromatic nitrogens is 2. The van der Waals surface area contributed by atoms with E-state index in [-0.39, 0.29) is 0 Å². The average molecular weight is 303 g/mol. The van der Waals surface area contributed by atoms with Crippen molar-refractivity contribution in [2.24, 2.45) is 0 Å². The van der Waals surface area contributed by atoms with Crippen molar-refractivity contribution in [2.45, 2.75) is 91.0 Å². The van der Waals surface area contributed by atoms with E-state index in [1.807, 2.05) is 0 Å². The van der Waals surface area contributed by atoms with Gasteiger partial charge in [-0.2, -0.15) is 0 Å². The number of imidazole rings is 1. The summed E-state index contributed by atoms with van der Waals surface area (Å²) in [5.41, 5.74) is 1.21. The van der Waals surface area contributed by atoms with Crippen LogP contribution in [0, 0.1) is 6.57 Å². The molecule has 0 spiro atoms. The predicted octanol–water partition coefficient (Wildman–Crippen LogP) is 5.44. The van der Waals surface area contributed by atoms with E-state index >= 15 is 0 Å². The topological polar surface area (TPSA) is 22.2 Å². The van der Waals surface area contributed by atoms with Gasteiger partial charge in [0, 0.05) is 12.6 Å². The fourth-order valence-electron chi connectivity index (χ4n) is 2.88. The van der Waals surface area contributed by atoms with Crippen molar-refractivity contribution in [1.82, 2.24) is 9.55 Å². The molecule has 22 heavy (non-hydrogen) atoms. The van der Waals surface area contributed by atoms with Crippen LogP contribution in [0.4, 0.5) is 0 Å². The lowest BCUT2D eigenvalue weighted by atomic mass is 10.1. The Morgan fingerprint density at radius 3 is 2.23 bits per heavy atom. The standard InChI is InChI=1S/C19H33N3/c1-4-6-7-8-9-10-11-12-13-14-18-17-22(16-15-20-3)19(5-2)21-18/h17H,4-16H2,1-2H3. The highest BCUT2D eigenvalue weighted by molar-refractivity contribution is 5.05. The zero-order chi connectivity index (χ0) is 16.0. The molecule has 0 aliphatic carbocycles. The molecule has 0 radical (unpaired) electrons. The van der Waals surface area contributed by atoms with Crippen LogP contribution in [-0.2, 0) is 19.4 Å². The third-order valence-electron chi connectivity index (χ3n) is 4.21. The molecule has 0 amide bonds. The Morgan fingerprint density at radius 1 is 1.00 bits per heavy atom. The monoisotopic (exact) mass is 303 g/mol. The molecule has 3 heteroatoms. The van der Waals surface area contributed by atoms with Gasteiger partial charge in [0.25, 0.3) is 0 Å². The minimum Gasteiger partial charge on any atom is -0.327 e. The zero-order valence-electron chi connectivity index (χ0n) is 14.6. The molecule has 1 aromatic rings. The summed E-state index contributed by atoms with van der Waals surface area (Å²) in [5.74, 6) is 1.13. The maximum atomic E-state index is 6.91. The third-order valence-corrected chi connectivity index (χ3v) is 4.21. The Kier molecular flexibility index (Phi) is 10.5. The number of aryl methyl sites for hydroxylation is 2. The van der Waals surface area contributed by atoms with Crippen LogP contribution in [0.2, 0.25) is 0 Å². The fourth-order valence-corrected chi connectivity index (χ4v) is 2.88. The van der Waals surface area contributed by atoms with E-state index in [9.17, 15) is 0 Å². The summed E-state index contributed by atoms with van der Waals surface area (Å²) in [7, 11) is 0. The van der Waals surface area contributed by atoms with Gasteiger partial charge in [-0.05, 0) is 12.8 Å². The highest BCUT2D eigenvalue weighted by Crippen LogP contribution is 2.12. The summed E-state index contributed by atoms with van der Waals surface area (Å²) < 4.78 is 2.17. The van der Waals surface area contributed by atoms with Crippen LogP contribution in [-0.4, -0.2) is 16.1 Å². The minimum atomic E-state index is 0.556. The van der Waals surface area contributed by atoms with Crippen molar-refractivity contribution in [3.63, 3.8) is 0 Å². The van der Waals surface area contributed by atoms with Gasteiger partial charge in [0.15, 0.2) is 0 Å². The van der Waals surface area contributed by atoms with Crippen molar-refractivity contribution in [3.8, 4) is 0 Å². The Bertz CT molecular complexity index is 428. The maximum Gasteiger partial charge on any atom is 0.232 e. The third kappa shape index (κ3) is 7.64. The van der Waals surface area contributed by atoms with E-state index in [1.54, 1.807) is 0 Å². The van der Waals surface area contributed by atoms with Gasteiger partial charge in [-0.1, -0.05) is 65.2 Å². The smallest absolute Gasteiger partial charge is 0.232 e. The second-order valence-electron chi connectivity index (χ2n) is 6.16. The van der Waals surface area contributed by atoms with Crippen molar-refractivity contribution in [2.75, 3.05) is 6.54 Å². The summed E-state index contributed by atoms with van der Waals surface area (Å²) in [6.45, 7) is 12.7. The Balaban J connectivity index is 2.14. The summed E-state index contributed by atoms with van der Waals surface area (Å²) >= 11 is 0. The first-order chi connectivity index (χ1) is 10.8. The number of hydrogen-bond acceptors (Lipinski definition) is 1. The number of hydrogen-bond donors (Lipinski definition) is 0. The Labute approximate surface area is 137 Å². The highest BCUT2D eigenvalue weighted by Gasteiger charge is 2.06. The first-order valence-electron chi connectivity index (χ1n) is 9.20. The molecule has 0 aliphatic heterocycles. The molecule has 0 aliphatic rings. The van der Waals surface area contributed by atoms with Gasteiger partial charge in [0.1, 0.15) is 5.82 Å². The van der Waals surface area contributed by atoms with Gasteiger partial charge in [0.05, 0.1) is 12.2 Å². The maximum absolute atomic E-state index is 6.91. The van der Waals surface area contributed by atoms with E-state index < -0.39 is 0 Å². The van der Waals surface area contributed by atoms with Gasteiger partial charge in [-0.3, -0.25) is 0 Å². The van der Waals surface area contributed by atoms with Crippen LogP contribution < -0.4 is 0 Å². The first-order valence-corrected chi connectivity index (χ1v) is 9.20. The molecular formula is C19H33N3. The SMILES string of the molecule is [C-]#[N+]CCn1cc(CCCCCCCCCCC)nc1CC. The molecule has 0 aromatic carbocycles. The largest absolute Gasteiger partial charge is 0.327 e. The van der Waals surface area contributed by atoms with Gasteiger partial charge in [-0.25, -0.2) is 11.6 Å². The molecule has 0 saturated carbocycles. The zero-order valence-corrected chi connectivity index (χ0v) is 14.6. The predicted molar refractivity (Wildman–Crippen MR) is 94.0 cm³/mol. The van der Waals surface area contributed by atoms with Crippen LogP contribution in [0.1, 0.15) is 83.2 Å². The Hall–Kier alpha value is -1.30. The summed E-state index contributed by atoms with van der Waals surface area (Å²) in [6, 6.07) is 0. The number of nitrogens with zero attached hydrogens (tertiary/aromatic N) is 3. The van der Waals surface area contributed by atoms with E-state index in [0.717, 1.165) is 25.2 Å². The van der Waals surface area contributed by atoms with Crippen molar-refractivity contribution >= 4 is 0 Å². The molecule has 1 heterocycles. The molecule has 0 fully saturated rings. The second kappa shape index (κ2) is 12.3. The molecule has 0 atom stereocenters. The van der Waals surface area contributed by atoms with Crippen LogP contribution in [0.15, 0.2) is 6.20 Å². The first kappa shape index (κ1) is 18.7. The second-order valence-corrected chi connectivity index (χ2v) is 6.16. The van der Waals surface area contributed by atoms with Gasteiger partial charge in [0.2, 0.25) is 6.54 Å². The molecular weight excluding hydrogens is 270 g/mol. The molecule has 3 nitrogen and oxygen atoms in total. The molecule has 124 valence electrons.